The van der Waals surface area contributed by atoms with E-state index in [4.69, 9.17) is 28.4 Å². The van der Waals surface area contributed by atoms with Crippen molar-refractivity contribution in [3.63, 3.8) is 0 Å². The zero-order valence-corrected chi connectivity index (χ0v) is 23.1. The molecule has 198 valence electrons. The third-order valence-electron chi connectivity index (χ3n) is 5.27. The van der Waals surface area contributed by atoms with Crippen LogP contribution in [0.25, 0.3) is 0 Å². The Balaban J connectivity index is 5.63. The summed E-state index contributed by atoms with van der Waals surface area (Å²) in [7, 11) is 1.69. The summed E-state index contributed by atoms with van der Waals surface area (Å²) in [6.07, 6.45) is 2.61. The molecule has 7 nitrogen and oxygen atoms in total. The zero-order valence-electron chi connectivity index (χ0n) is 22.2. The molecule has 0 aromatic carbocycles. The van der Waals surface area contributed by atoms with Crippen molar-refractivity contribution in [1.29, 1.82) is 0 Å². The van der Waals surface area contributed by atoms with Gasteiger partial charge in [-0.3, -0.25) is 0 Å². The molecule has 8 heteroatoms. The highest BCUT2D eigenvalue weighted by atomic mass is 32.1. The molecule has 1 N–H and O–H groups in total. The summed E-state index contributed by atoms with van der Waals surface area (Å²) < 4.78 is 36.1. The first-order chi connectivity index (χ1) is 15.6. The maximum Gasteiger partial charge on any atom is 0.113 e. The fourth-order valence-electron chi connectivity index (χ4n) is 3.34. The van der Waals surface area contributed by atoms with Gasteiger partial charge in [-0.05, 0) is 73.1 Å². The number of hydrogen-bond acceptors (Lipinski definition) is 8. The third-order valence-corrected chi connectivity index (χ3v) is 5.48. The van der Waals surface area contributed by atoms with Crippen LogP contribution in [0.2, 0.25) is 0 Å². The molecule has 4 atom stereocenters. The van der Waals surface area contributed by atoms with E-state index in [0.29, 0.717) is 45.9 Å². The second kappa shape index (κ2) is 18.1. The Morgan fingerprint density at radius 3 is 2.21 bits per heavy atom. The van der Waals surface area contributed by atoms with Crippen molar-refractivity contribution in [2.75, 3.05) is 46.8 Å². The first kappa shape index (κ1) is 32.8. The van der Waals surface area contributed by atoms with Gasteiger partial charge in [-0.2, -0.15) is 12.6 Å². The molecule has 0 bridgehead atoms. The van der Waals surface area contributed by atoms with E-state index >= 15 is 0 Å². The van der Waals surface area contributed by atoms with Crippen LogP contribution in [0.15, 0.2) is 11.5 Å². The Labute approximate surface area is 207 Å². The number of methoxy groups -OCH3 is 1. The van der Waals surface area contributed by atoms with Gasteiger partial charge in [-0.25, -0.2) is 0 Å². The summed E-state index contributed by atoms with van der Waals surface area (Å²) in [5.74, 6) is 0. The second-order valence-corrected chi connectivity index (χ2v) is 9.69. The zero-order chi connectivity index (χ0) is 25.3. The standard InChI is InChI=1S/C25H50O7S/c1-9-28-19-22(29-10-2)23(32-25(6,7)13-15-26)21(12-11-17-33)31-20(3)18-30-24(4,5)14-16-27-8/h11,17,20-23,26,33H,9-10,12-16,18-19H2,1-8H3. The SMILES string of the molecule is CCOCC(OCC)C(OC(C)(C)CCO)C(CC=CS)OC(C)COC(C)(C)CCOC. The number of ether oxygens (including phenoxy) is 6. The fourth-order valence-corrected chi connectivity index (χ4v) is 3.46. The number of rotatable bonds is 21. The van der Waals surface area contributed by atoms with Gasteiger partial charge in [-0.15, -0.1) is 0 Å². The highest BCUT2D eigenvalue weighted by molar-refractivity contribution is 7.83. The molecule has 0 fully saturated rings. The molecule has 0 saturated carbocycles. The molecule has 0 radical (unpaired) electrons. The minimum absolute atomic E-state index is 0.0351. The van der Waals surface area contributed by atoms with Crippen LogP contribution in [0.5, 0.6) is 0 Å². The Morgan fingerprint density at radius 1 is 0.970 bits per heavy atom. The fraction of sp³-hybridized carbons (Fsp3) is 0.920. The Morgan fingerprint density at radius 2 is 1.67 bits per heavy atom. The van der Waals surface area contributed by atoms with E-state index in [9.17, 15) is 5.11 Å². The van der Waals surface area contributed by atoms with Gasteiger partial charge in [0.15, 0.2) is 0 Å². The van der Waals surface area contributed by atoms with Gasteiger partial charge >= 0.3 is 0 Å². The molecule has 0 aromatic heterocycles. The maximum atomic E-state index is 9.52. The minimum Gasteiger partial charge on any atom is -0.396 e. The van der Waals surface area contributed by atoms with Gasteiger partial charge < -0.3 is 33.5 Å². The average molecular weight is 495 g/mol. The Bertz CT molecular complexity index is 499. The van der Waals surface area contributed by atoms with Crippen LogP contribution in [0, 0.1) is 0 Å². The van der Waals surface area contributed by atoms with Crippen molar-refractivity contribution < 1.29 is 33.5 Å². The van der Waals surface area contributed by atoms with Crippen molar-refractivity contribution in [1.82, 2.24) is 0 Å². The number of hydrogen-bond donors (Lipinski definition) is 2. The molecule has 0 rings (SSSR count). The molecule has 0 aliphatic rings. The molecule has 0 spiro atoms. The lowest BCUT2D eigenvalue weighted by Crippen LogP contribution is -2.50. The van der Waals surface area contributed by atoms with Gasteiger partial charge in [0.25, 0.3) is 0 Å². The summed E-state index contributed by atoms with van der Waals surface area (Å²) in [6.45, 7) is 16.6. The van der Waals surface area contributed by atoms with Crippen LogP contribution in [0.3, 0.4) is 0 Å². The molecule has 0 aromatic rings. The van der Waals surface area contributed by atoms with E-state index in [2.05, 4.69) is 26.5 Å². The molecule has 33 heavy (non-hydrogen) atoms. The average Bonchev–Trinajstić information content (AvgIpc) is 2.75. The van der Waals surface area contributed by atoms with Crippen LogP contribution >= 0.6 is 12.6 Å². The lowest BCUT2D eigenvalue weighted by atomic mass is 10.0. The first-order valence-corrected chi connectivity index (χ1v) is 12.6. The molecule has 0 aliphatic carbocycles. The second-order valence-electron chi connectivity index (χ2n) is 9.39. The van der Waals surface area contributed by atoms with Crippen molar-refractivity contribution in [2.45, 2.75) is 103 Å². The van der Waals surface area contributed by atoms with Gasteiger partial charge in [0.05, 0.1) is 36.6 Å². The van der Waals surface area contributed by atoms with Crippen molar-refractivity contribution in [2.24, 2.45) is 0 Å². The molecular weight excluding hydrogens is 444 g/mol. The Hall–Kier alpha value is -0.190. The number of aliphatic hydroxyl groups is 1. The maximum absolute atomic E-state index is 9.52. The van der Waals surface area contributed by atoms with Gasteiger partial charge in [-0.1, -0.05) is 6.08 Å². The summed E-state index contributed by atoms with van der Waals surface area (Å²) in [5, 5.41) is 11.2. The quantitative estimate of drug-likeness (QED) is 0.229. The van der Waals surface area contributed by atoms with Gasteiger partial charge in [0, 0.05) is 33.5 Å². The van der Waals surface area contributed by atoms with E-state index in [1.165, 1.54) is 0 Å². The van der Waals surface area contributed by atoms with Gasteiger partial charge in [0.1, 0.15) is 12.2 Å². The highest BCUT2D eigenvalue weighted by Gasteiger charge is 2.37. The molecule has 4 unspecified atom stereocenters. The van der Waals surface area contributed by atoms with E-state index < -0.39 is 11.7 Å². The minimum atomic E-state index is -0.560. The predicted octanol–water partition coefficient (Wildman–Crippen LogP) is 4.41. The van der Waals surface area contributed by atoms with E-state index in [1.807, 2.05) is 40.7 Å². The van der Waals surface area contributed by atoms with Crippen LogP contribution in [-0.4, -0.2) is 87.5 Å². The monoisotopic (exact) mass is 494 g/mol. The number of thiol groups is 1. The largest absolute Gasteiger partial charge is 0.396 e. The highest BCUT2D eigenvalue weighted by Crippen LogP contribution is 2.26. The molecule has 0 saturated heterocycles. The summed E-state index contributed by atoms with van der Waals surface area (Å²) in [5.41, 5.74) is -0.870. The molecule has 0 aliphatic heterocycles. The molecular formula is C25H50O7S. The number of aliphatic hydroxyl groups excluding tert-OH is 1. The van der Waals surface area contributed by atoms with Crippen LogP contribution < -0.4 is 0 Å². The normalized spacial score (nSPS) is 16.8. The summed E-state index contributed by atoms with van der Waals surface area (Å²) >= 11 is 4.23. The molecule has 0 amide bonds. The smallest absolute Gasteiger partial charge is 0.113 e. The predicted molar refractivity (Wildman–Crippen MR) is 136 cm³/mol. The van der Waals surface area contributed by atoms with E-state index in [-0.39, 0.29) is 30.5 Å². The van der Waals surface area contributed by atoms with E-state index in [1.54, 1.807) is 12.5 Å². The summed E-state index contributed by atoms with van der Waals surface area (Å²) in [4.78, 5) is 0. The van der Waals surface area contributed by atoms with Crippen LogP contribution in [0.1, 0.15) is 67.7 Å². The van der Waals surface area contributed by atoms with Gasteiger partial charge in [0.2, 0.25) is 0 Å². The summed E-state index contributed by atoms with van der Waals surface area (Å²) in [6, 6.07) is 0. The van der Waals surface area contributed by atoms with Crippen molar-refractivity contribution >= 4 is 12.6 Å². The Kier molecular flexibility index (Phi) is 18.0. The first-order valence-electron chi connectivity index (χ1n) is 12.1. The third kappa shape index (κ3) is 15.4. The van der Waals surface area contributed by atoms with Crippen LogP contribution in [0.4, 0.5) is 0 Å². The lowest BCUT2D eigenvalue weighted by Gasteiger charge is -2.39. The van der Waals surface area contributed by atoms with E-state index in [0.717, 1.165) is 6.42 Å². The lowest BCUT2D eigenvalue weighted by molar-refractivity contribution is -0.210. The topological polar surface area (TPSA) is 75.6 Å². The van der Waals surface area contributed by atoms with Crippen molar-refractivity contribution in [3.8, 4) is 0 Å². The van der Waals surface area contributed by atoms with Crippen LogP contribution in [-0.2, 0) is 28.4 Å². The van der Waals surface area contributed by atoms with Crippen molar-refractivity contribution in [3.05, 3.63) is 11.5 Å². The molecule has 0 heterocycles.